The Bertz CT molecular complexity index is 739. The summed E-state index contributed by atoms with van der Waals surface area (Å²) in [6.07, 6.45) is 5.76. The predicted octanol–water partition coefficient (Wildman–Crippen LogP) is 4.85. The lowest BCUT2D eigenvalue weighted by Crippen LogP contribution is -2.44. The van der Waals surface area contributed by atoms with Crippen molar-refractivity contribution in [1.29, 1.82) is 0 Å². The largest absolute Gasteiger partial charge is 0.351 e. The zero-order valence-electron chi connectivity index (χ0n) is 12.0. The molecule has 2 aromatic rings. The van der Waals surface area contributed by atoms with Gasteiger partial charge in [-0.1, -0.05) is 12.1 Å². The van der Waals surface area contributed by atoms with Crippen molar-refractivity contribution < 1.29 is 0 Å². The third kappa shape index (κ3) is 2.64. The van der Waals surface area contributed by atoms with Crippen LogP contribution in [0.15, 0.2) is 51.9 Å². The third-order valence-electron chi connectivity index (χ3n) is 4.08. The van der Waals surface area contributed by atoms with Crippen LogP contribution in [0.4, 0.5) is 0 Å². The molecule has 4 rings (SSSR count). The molecule has 2 aliphatic rings. The van der Waals surface area contributed by atoms with Crippen LogP contribution < -0.4 is 10.6 Å². The molecule has 2 nitrogen and oxygen atoms in total. The molecule has 3 heterocycles. The van der Waals surface area contributed by atoms with Gasteiger partial charge in [-0.2, -0.15) is 0 Å². The molecule has 1 aliphatic carbocycles. The maximum Gasteiger partial charge on any atom is 0.171 e. The van der Waals surface area contributed by atoms with Crippen LogP contribution in [0.25, 0.3) is 6.08 Å². The van der Waals surface area contributed by atoms with Gasteiger partial charge in [0.25, 0.3) is 0 Å². The molecule has 0 fully saturated rings. The van der Waals surface area contributed by atoms with Crippen LogP contribution in [0.2, 0.25) is 0 Å². The number of hydrogen-bond donors (Lipinski definition) is 2. The molecule has 0 bridgehead atoms. The number of hydrogen-bond acceptors (Lipinski definition) is 3. The van der Waals surface area contributed by atoms with Crippen molar-refractivity contribution in [3.05, 3.63) is 61.6 Å². The summed E-state index contributed by atoms with van der Waals surface area (Å²) in [4.78, 5) is 2.65. The summed E-state index contributed by atoms with van der Waals surface area (Å²) in [5.41, 5.74) is 4.08. The van der Waals surface area contributed by atoms with Crippen LogP contribution in [0.1, 0.15) is 35.1 Å². The van der Waals surface area contributed by atoms with Crippen molar-refractivity contribution in [2.75, 3.05) is 0 Å². The topological polar surface area (TPSA) is 24.1 Å². The van der Waals surface area contributed by atoms with Crippen LogP contribution in [0.5, 0.6) is 0 Å². The highest BCUT2D eigenvalue weighted by Gasteiger charge is 2.30. The first-order chi connectivity index (χ1) is 10.8. The lowest BCUT2D eigenvalue weighted by Gasteiger charge is -2.35. The molecular weight excluding hydrogens is 328 g/mol. The predicted molar refractivity (Wildman–Crippen MR) is 99.1 cm³/mol. The Kier molecular flexibility index (Phi) is 3.86. The number of thiocarbonyl (C=S) groups is 1. The maximum atomic E-state index is 5.45. The average Bonchev–Trinajstić information content (AvgIpc) is 3.20. The van der Waals surface area contributed by atoms with Gasteiger partial charge in [0, 0.05) is 15.5 Å². The molecule has 1 aliphatic heterocycles. The Morgan fingerprint density at radius 2 is 2.00 bits per heavy atom. The van der Waals surface area contributed by atoms with Gasteiger partial charge < -0.3 is 10.6 Å². The van der Waals surface area contributed by atoms with Gasteiger partial charge in [-0.25, -0.2) is 0 Å². The smallest absolute Gasteiger partial charge is 0.171 e. The Balaban J connectivity index is 1.78. The molecule has 0 saturated carbocycles. The summed E-state index contributed by atoms with van der Waals surface area (Å²) >= 11 is 9.02. The fourth-order valence-corrected chi connectivity index (χ4v) is 4.84. The normalized spacial score (nSPS) is 23.2. The van der Waals surface area contributed by atoms with Gasteiger partial charge in [-0.15, -0.1) is 22.7 Å². The molecule has 112 valence electrons. The van der Waals surface area contributed by atoms with Crippen LogP contribution in [0.3, 0.4) is 0 Å². The standard InChI is InChI=1S/C17H16N2S3/c20-17-18-15-11(10-12-5-2-8-21-12)4-1-6-13(15)16(19-17)14-7-3-9-22-14/h2-3,5,7-10,16H,1,4,6H2,(H2,18,19,20)/b11-10-. The van der Waals surface area contributed by atoms with Crippen LogP contribution in [-0.2, 0) is 0 Å². The Hall–Kier alpha value is -1.43. The Morgan fingerprint density at radius 1 is 1.14 bits per heavy atom. The second-order valence-electron chi connectivity index (χ2n) is 5.49. The molecule has 1 atom stereocenters. The van der Waals surface area contributed by atoms with Gasteiger partial charge >= 0.3 is 0 Å². The highest BCUT2D eigenvalue weighted by Crippen LogP contribution is 2.39. The summed E-state index contributed by atoms with van der Waals surface area (Å²) in [5, 5.41) is 11.8. The second-order valence-corrected chi connectivity index (χ2v) is 7.85. The first-order valence-electron chi connectivity index (χ1n) is 7.39. The van der Waals surface area contributed by atoms with E-state index in [4.69, 9.17) is 12.2 Å². The van der Waals surface area contributed by atoms with Crippen molar-refractivity contribution in [2.24, 2.45) is 0 Å². The van der Waals surface area contributed by atoms with E-state index < -0.39 is 0 Å². The molecule has 0 spiro atoms. The molecule has 2 N–H and O–H groups in total. The molecule has 0 aromatic carbocycles. The van der Waals surface area contributed by atoms with Crippen molar-refractivity contribution in [3.8, 4) is 0 Å². The zero-order valence-corrected chi connectivity index (χ0v) is 14.4. The highest BCUT2D eigenvalue weighted by atomic mass is 32.1. The third-order valence-corrected chi connectivity index (χ3v) is 6.06. The summed E-state index contributed by atoms with van der Waals surface area (Å²) in [6, 6.07) is 8.80. The van der Waals surface area contributed by atoms with Crippen molar-refractivity contribution in [1.82, 2.24) is 10.6 Å². The number of rotatable bonds is 2. The van der Waals surface area contributed by atoms with Crippen LogP contribution >= 0.6 is 34.9 Å². The van der Waals surface area contributed by atoms with Gasteiger partial charge in [0.2, 0.25) is 0 Å². The van der Waals surface area contributed by atoms with Gasteiger partial charge in [0.1, 0.15) is 0 Å². The quantitative estimate of drug-likeness (QED) is 0.762. The van der Waals surface area contributed by atoms with Crippen LogP contribution in [0, 0.1) is 0 Å². The van der Waals surface area contributed by atoms with E-state index >= 15 is 0 Å². The second kappa shape index (κ2) is 5.99. The lowest BCUT2D eigenvalue weighted by atomic mass is 9.85. The molecule has 0 radical (unpaired) electrons. The Morgan fingerprint density at radius 3 is 2.77 bits per heavy atom. The minimum atomic E-state index is 0.232. The maximum absolute atomic E-state index is 5.45. The van der Waals surface area contributed by atoms with Gasteiger partial charge in [0.05, 0.1) is 6.04 Å². The van der Waals surface area contributed by atoms with Crippen molar-refractivity contribution in [3.63, 3.8) is 0 Å². The summed E-state index contributed by atoms with van der Waals surface area (Å²) < 4.78 is 0. The highest BCUT2D eigenvalue weighted by molar-refractivity contribution is 7.80. The molecule has 2 aromatic heterocycles. The van der Waals surface area contributed by atoms with Crippen LogP contribution in [-0.4, -0.2) is 5.11 Å². The Labute approximate surface area is 143 Å². The van der Waals surface area contributed by atoms with E-state index in [1.807, 2.05) is 0 Å². The minimum absolute atomic E-state index is 0.232. The first-order valence-corrected chi connectivity index (χ1v) is 9.56. The van der Waals surface area contributed by atoms with E-state index in [2.05, 4.69) is 51.7 Å². The van der Waals surface area contributed by atoms with E-state index in [0.717, 1.165) is 18.0 Å². The zero-order chi connectivity index (χ0) is 14.9. The molecular formula is C17H16N2S3. The SMILES string of the molecule is S=C1NC2=C(CCC/C2=C/c2cccs2)C(c2cccs2)N1. The summed E-state index contributed by atoms with van der Waals surface area (Å²) in [6.45, 7) is 0. The van der Waals surface area contributed by atoms with E-state index in [-0.39, 0.29) is 6.04 Å². The summed E-state index contributed by atoms with van der Waals surface area (Å²) in [7, 11) is 0. The van der Waals surface area contributed by atoms with E-state index in [1.54, 1.807) is 22.7 Å². The first kappa shape index (κ1) is 14.2. The van der Waals surface area contributed by atoms with E-state index in [1.165, 1.54) is 33.0 Å². The van der Waals surface area contributed by atoms with Crippen molar-refractivity contribution >= 4 is 46.1 Å². The molecule has 0 saturated heterocycles. The summed E-state index contributed by atoms with van der Waals surface area (Å²) in [5.74, 6) is 0. The number of nitrogens with one attached hydrogen (secondary N) is 2. The van der Waals surface area contributed by atoms with E-state index in [9.17, 15) is 0 Å². The fraction of sp³-hybridized carbons (Fsp3) is 0.235. The molecule has 5 heteroatoms. The van der Waals surface area contributed by atoms with Gasteiger partial charge in [-0.3, -0.25) is 0 Å². The molecule has 1 unspecified atom stereocenters. The fourth-order valence-electron chi connectivity index (χ4n) is 3.13. The molecule has 22 heavy (non-hydrogen) atoms. The monoisotopic (exact) mass is 344 g/mol. The minimum Gasteiger partial charge on any atom is -0.351 e. The average molecular weight is 345 g/mol. The van der Waals surface area contributed by atoms with Gasteiger partial charge in [-0.05, 0) is 71.6 Å². The van der Waals surface area contributed by atoms with E-state index in [0.29, 0.717) is 0 Å². The number of thiophene rings is 2. The van der Waals surface area contributed by atoms with Crippen molar-refractivity contribution in [2.45, 2.75) is 25.3 Å². The lowest BCUT2D eigenvalue weighted by molar-refractivity contribution is 0.615. The molecule has 0 amide bonds. The number of allylic oxidation sites excluding steroid dienone is 1. The van der Waals surface area contributed by atoms with Gasteiger partial charge in [0.15, 0.2) is 5.11 Å².